The van der Waals surface area contributed by atoms with Gasteiger partial charge in [0.15, 0.2) is 5.17 Å². The average Bonchev–Trinajstić information content (AvgIpc) is 3.31. The van der Waals surface area contributed by atoms with Gasteiger partial charge in [0.25, 0.3) is 0 Å². The maximum atomic E-state index is 13.5. The number of thioether (sulfide) groups is 1. The molecule has 3 aliphatic rings. The van der Waals surface area contributed by atoms with Gasteiger partial charge in [0.05, 0.1) is 30.8 Å². The number of aryl methyl sites for hydroxylation is 3. The summed E-state index contributed by atoms with van der Waals surface area (Å²) in [6.07, 6.45) is 0.263. The van der Waals surface area contributed by atoms with Crippen LogP contribution in [-0.2, 0) is 20.9 Å². The smallest absolute Gasteiger partial charge is 0.338 e. The molecule has 0 aliphatic carbocycles. The topological polar surface area (TPSA) is 65.5 Å². The lowest BCUT2D eigenvalue weighted by Crippen LogP contribution is -2.48. The number of hydrogen-bond donors (Lipinski definition) is 0. The Balaban J connectivity index is 1.32. The van der Waals surface area contributed by atoms with Gasteiger partial charge in [-0.15, -0.1) is 0 Å². The van der Waals surface area contributed by atoms with Gasteiger partial charge in [-0.25, -0.2) is 9.79 Å². The standard InChI is InChI=1S/C31H36N4O3S/c1-20-6-9-24(10-7-20)18-33-12-14-34(15-13-33)27(36)17-25-19-39-31-32-23(4)28(30(37)38-5)29(35(25)31)26-11-8-21(2)16-22(26)3/h6-11,16,19,29H,12-15,17-18H2,1-5H3. The number of amides is 1. The van der Waals surface area contributed by atoms with E-state index in [4.69, 9.17) is 9.73 Å². The summed E-state index contributed by atoms with van der Waals surface area (Å²) < 4.78 is 5.20. The molecule has 2 aromatic rings. The minimum Gasteiger partial charge on any atom is -0.466 e. The van der Waals surface area contributed by atoms with E-state index in [1.165, 1.54) is 30.0 Å². The van der Waals surface area contributed by atoms with Crippen LogP contribution < -0.4 is 0 Å². The zero-order valence-corrected chi connectivity index (χ0v) is 24.2. The Bertz CT molecular complexity index is 1370. The van der Waals surface area contributed by atoms with Crippen molar-refractivity contribution in [2.45, 2.75) is 46.7 Å². The molecule has 1 saturated heterocycles. The zero-order chi connectivity index (χ0) is 27.7. The predicted molar refractivity (Wildman–Crippen MR) is 156 cm³/mol. The molecule has 0 N–H and O–H groups in total. The van der Waals surface area contributed by atoms with E-state index >= 15 is 0 Å². The van der Waals surface area contributed by atoms with Gasteiger partial charge in [-0.3, -0.25) is 9.69 Å². The number of aliphatic imine (C=N–C) groups is 1. The second kappa shape index (κ2) is 11.4. The minimum absolute atomic E-state index is 0.100. The maximum Gasteiger partial charge on any atom is 0.338 e. The molecule has 8 heteroatoms. The fraction of sp³-hybridized carbons (Fsp3) is 0.387. The van der Waals surface area contributed by atoms with Crippen LogP contribution in [0.3, 0.4) is 0 Å². The van der Waals surface area contributed by atoms with E-state index in [1.807, 2.05) is 17.2 Å². The lowest BCUT2D eigenvalue weighted by Gasteiger charge is -2.38. The molecule has 39 heavy (non-hydrogen) atoms. The Hall–Kier alpha value is -3.36. The molecule has 3 aliphatic heterocycles. The molecule has 0 spiro atoms. The molecule has 204 valence electrons. The highest BCUT2D eigenvalue weighted by Crippen LogP contribution is 2.45. The first-order valence-electron chi connectivity index (χ1n) is 13.4. The van der Waals surface area contributed by atoms with E-state index < -0.39 is 12.0 Å². The van der Waals surface area contributed by atoms with Gasteiger partial charge < -0.3 is 14.5 Å². The van der Waals surface area contributed by atoms with E-state index in [0.29, 0.717) is 24.4 Å². The van der Waals surface area contributed by atoms with Crippen LogP contribution in [0.2, 0.25) is 0 Å². The van der Waals surface area contributed by atoms with Crippen LogP contribution in [0.5, 0.6) is 0 Å². The van der Waals surface area contributed by atoms with Crippen molar-refractivity contribution in [3.05, 3.63) is 92.7 Å². The molecule has 1 atom stereocenters. The number of carbonyl (C=O) groups excluding carboxylic acids is 2. The van der Waals surface area contributed by atoms with Crippen molar-refractivity contribution in [3.63, 3.8) is 0 Å². The van der Waals surface area contributed by atoms with Crippen molar-refractivity contribution < 1.29 is 14.3 Å². The van der Waals surface area contributed by atoms with Crippen LogP contribution in [0.4, 0.5) is 0 Å². The minimum atomic E-state index is -0.397. The summed E-state index contributed by atoms with van der Waals surface area (Å²) in [6, 6.07) is 14.5. The summed E-state index contributed by atoms with van der Waals surface area (Å²) >= 11 is 1.51. The van der Waals surface area contributed by atoms with Crippen LogP contribution >= 0.6 is 11.8 Å². The van der Waals surface area contributed by atoms with Gasteiger partial charge in [0.1, 0.15) is 0 Å². The molecule has 5 rings (SSSR count). The van der Waals surface area contributed by atoms with Crippen molar-refractivity contribution in [2.75, 3.05) is 33.3 Å². The molecule has 1 amide bonds. The quantitative estimate of drug-likeness (QED) is 0.472. The van der Waals surface area contributed by atoms with E-state index in [2.05, 4.69) is 73.0 Å². The van der Waals surface area contributed by atoms with E-state index in [-0.39, 0.29) is 12.3 Å². The van der Waals surface area contributed by atoms with E-state index in [1.54, 1.807) is 0 Å². The van der Waals surface area contributed by atoms with Crippen LogP contribution in [0.1, 0.15) is 47.2 Å². The molecule has 0 radical (unpaired) electrons. The third-order valence-electron chi connectivity index (χ3n) is 7.71. The Kier molecular flexibility index (Phi) is 7.96. The zero-order valence-electron chi connectivity index (χ0n) is 23.4. The first kappa shape index (κ1) is 27.2. The number of methoxy groups -OCH3 is 1. The first-order chi connectivity index (χ1) is 18.7. The van der Waals surface area contributed by atoms with Crippen LogP contribution in [0.25, 0.3) is 0 Å². The molecule has 7 nitrogen and oxygen atoms in total. The van der Waals surface area contributed by atoms with Crippen molar-refractivity contribution in [1.82, 2.24) is 14.7 Å². The Labute approximate surface area is 235 Å². The number of piperazine rings is 1. The number of hydrogen-bond acceptors (Lipinski definition) is 7. The molecule has 3 heterocycles. The molecular weight excluding hydrogens is 508 g/mol. The fourth-order valence-corrected chi connectivity index (χ4v) is 6.51. The monoisotopic (exact) mass is 544 g/mol. The Morgan fingerprint density at radius 1 is 0.974 bits per heavy atom. The van der Waals surface area contributed by atoms with Gasteiger partial charge >= 0.3 is 5.97 Å². The molecule has 1 fully saturated rings. The van der Waals surface area contributed by atoms with Crippen molar-refractivity contribution in [3.8, 4) is 0 Å². The summed E-state index contributed by atoms with van der Waals surface area (Å²) in [7, 11) is 1.40. The number of carbonyl (C=O) groups is 2. The first-order valence-corrected chi connectivity index (χ1v) is 14.3. The molecule has 0 saturated carbocycles. The summed E-state index contributed by atoms with van der Waals surface area (Å²) in [5.74, 6) is -0.295. The molecule has 2 aromatic carbocycles. The molecular formula is C31H36N4O3S. The number of amidine groups is 1. The van der Waals surface area contributed by atoms with Crippen molar-refractivity contribution in [2.24, 2.45) is 4.99 Å². The highest BCUT2D eigenvalue weighted by molar-refractivity contribution is 8.16. The number of benzene rings is 2. The molecule has 0 aromatic heterocycles. The Morgan fingerprint density at radius 3 is 2.33 bits per heavy atom. The van der Waals surface area contributed by atoms with Gasteiger partial charge in [0, 0.05) is 38.4 Å². The third kappa shape index (κ3) is 5.68. The number of allylic oxidation sites excluding steroid dienone is 1. The number of rotatable bonds is 6. The van der Waals surface area contributed by atoms with Crippen LogP contribution in [0, 0.1) is 20.8 Å². The summed E-state index contributed by atoms with van der Waals surface area (Å²) in [5.41, 5.74) is 7.84. The maximum absolute atomic E-state index is 13.5. The second-order valence-electron chi connectivity index (χ2n) is 10.6. The van der Waals surface area contributed by atoms with E-state index in [9.17, 15) is 9.59 Å². The van der Waals surface area contributed by atoms with Gasteiger partial charge in [-0.05, 0) is 49.8 Å². The normalized spacial score (nSPS) is 19.6. The van der Waals surface area contributed by atoms with Gasteiger partial charge in [0.2, 0.25) is 5.91 Å². The van der Waals surface area contributed by atoms with E-state index in [0.717, 1.165) is 47.2 Å². The highest BCUT2D eigenvalue weighted by Gasteiger charge is 2.42. The number of esters is 1. The SMILES string of the molecule is COC(=O)C1=C(C)N=C2SC=C(CC(=O)N3CCN(Cc4ccc(C)cc4)CC3)N2C1c1ccc(C)cc1C. The number of fused-ring (bicyclic) bond motifs is 1. The largest absolute Gasteiger partial charge is 0.466 e. The van der Waals surface area contributed by atoms with Crippen molar-refractivity contribution in [1.29, 1.82) is 0 Å². The van der Waals surface area contributed by atoms with Gasteiger partial charge in [-0.1, -0.05) is 65.4 Å². The second-order valence-corrected chi connectivity index (χ2v) is 11.4. The molecule has 1 unspecified atom stereocenters. The number of nitrogens with zero attached hydrogens (tertiary/aromatic N) is 4. The number of ether oxygens (including phenoxy) is 1. The van der Waals surface area contributed by atoms with Gasteiger partial charge in [-0.2, -0.15) is 0 Å². The van der Waals surface area contributed by atoms with Crippen LogP contribution in [-0.4, -0.2) is 65.0 Å². The molecule has 0 bridgehead atoms. The van der Waals surface area contributed by atoms with Crippen molar-refractivity contribution >= 4 is 28.8 Å². The summed E-state index contributed by atoms with van der Waals surface area (Å²) in [5, 5.41) is 2.80. The summed E-state index contributed by atoms with van der Waals surface area (Å²) in [4.78, 5) is 37.7. The average molecular weight is 545 g/mol. The summed E-state index contributed by atoms with van der Waals surface area (Å²) in [6.45, 7) is 12.1. The fourth-order valence-electron chi connectivity index (χ4n) is 5.54. The third-order valence-corrected chi connectivity index (χ3v) is 8.60. The lowest BCUT2D eigenvalue weighted by atomic mass is 9.90. The highest BCUT2D eigenvalue weighted by atomic mass is 32.2. The van der Waals surface area contributed by atoms with Crippen LogP contribution in [0.15, 0.2) is 69.8 Å². The Morgan fingerprint density at radius 2 is 1.67 bits per heavy atom. The lowest BCUT2D eigenvalue weighted by molar-refractivity contribution is -0.136. The predicted octanol–water partition coefficient (Wildman–Crippen LogP) is 5.09.